The minimum absolute atomic E-state index is 0.118. The van der Waals surface area contributed by atoms with Crippen LogP contribution < -0.4 is 11.1 Å². The van der Waals surface area contributed by atoms with Gasteiger partial charge in [-0.15, -0.1) is 6.58 Å². The number of hydrogen-bond acceptors (Lipinski definition) is 2. The number of nitrogens with two attached hydrogens (primary N) is 1. The number of rotatable bonds is 6. The van der Waals surface area contributed by atoms with Crippen molar-refractivity contribution in [3.05, 3.63) is 48.6 Å². The van der Waals surface area contributed by atoms with Gasteiger partial charge in [0.05, 0.1) is 6.04 Å². The molecule has 0 bridgehead atoms. The molecule has 0 aliphatic rings. The first-order valence-corrected chi connectivity index (χ1v) is 5.84. The summed E-state index contributed by atoms with van der Waals surface area (Å²) in [5, 5.41) is 2.85. The van der Waals surface area contributed by atoms with Crippen molar-refractivity contribution in [3.8, 4) is 0 Å². The standard InChI is InChI=1S/C14H20N2O/c1-3-7-13(15)14(17)16-10-11(2)12-8-5-4-6-9-12/h3-6,8-9,11,13H,1,7,10,15H2,2H3,(H,16,17). The summed E-state index contributed by atoms with van der Waals surface area (Å²) in [5.74, 6) is 0.170. The van der Waals surface area contributed by atoms with Crippen LogP contribution in [0, 0.1) is 0 Å². The van der Waals surface area contributed by atoms with Crippen LogP contribution in [0.25, 0.3) is 0 Å². The van der Waals surface area contributed by atoms with Gasteiger partial charge in [0.2, 0.25) is 5.91 Å². The lowest BCUT2D eigenvalue weighted by Gasteiger charge is -2.15. The van der Waals surface area contributed by atoms with Crippen LogP contribution in [0.3, 0.4) is 0 Å². The third-order valence-electron chi connectivity index (χ3n) is 2.71. The Morgan fingerprint density at radius 1 is 1.47 bits per heavy atom. The van der Waals surface area contributed by atoms with Crippen LogP contribution in [0.1, 0.15) is 24.8 Å². The van der Waals surface area contributed by atoms with Crippen LogP contribution in [0.15, 0.2) is 43.0 Å². The Hall–Kier alpha value is -1.61. The maximum Gasteiger partial charge on any atom is 0.237 e. The molecule has 2 unspecified atom stereocenters. The van der Waals surface area contributed by atoms with Gasteiger partial charge in [-0.3, -0.25) is 4.79 Å². The number of amides is 1. The normalized spacial score (nSPS) is 13.8. The highest BCUT2D eigenvalue weighted by atomic mass is 16.2. The zero-order chi connectivity index (χ0) is 12.7. The van der Waals surface area contributed by atoms with Crippen LogP contribution in [0.4, 0.5) is 0 Å². The molecule has 1 rings (SSSR count). The van der Waals surface area contributed by atoms with Gasteiger partial charge >= 0.3 is 0 Å². The van der Waals surface area contributed by atoms with E-state index in [1.807, 2.05) is 18.2 Å². The van der Waals surface area contributed by atoms with Crippen LogP contribution in [0.5, 0.6) is 0 Å². The minimum atomic E-state index is -0.490. The van der Waals surface area contributed by atoms with Crippen molar-refractivity contribution in [2.24, 2.45) is 5.73 Å². The summed E-state index contributed by atoms with van der Waals surface area (Å²) >= 11 is 0. The van der Waals surface area contributed by atoms with Crippen molar-refractivity contribution in [1.82, 2.24) is 5.32 Å². The van der Waals surface area contributed by atoms with E-state index < -0.39 is 6.04 Å². The van der Waals surface area contributed by atoms with Gasteiger partial charge in [-0.25, -0.2) is 0 Å². The second-order valence-electron chi connectivity index (χ2n) is 4.19. The smallest absolute Gasteiger partial charge is 0.237 e. The molecule has 0 heterocycles. The minimum Gasteiger partial charge on any atom is -0.354 e. The van der Waals surface area contributed by atoms with Crippen molar-refractivity contribution in [3.63, 3.8) is 0 Å². The maximum atomic E-state index is 11.6. The monoisotopic (exact) mass is 232 g/mol. The number of benzene rings is 1. The summed E-state index contributed by atoms with van der Waals surface area (Å²) in [4.78, 5) is 11.6. The van der Waals surface area contributed by atoms with E-state index in [1.54, 1.807) is 6.08 Å². The Kier molecular flexibility index (Phi) is 5.43. The lowest BCUT2D eigenvalue weighted by molar-refractivity contribution is -0.122. The van der Waals surface area contributed by atoms with Crippen molar-refractivity contribution in [2.75, 3.05) is 6.54 Å². The molecule has 1 aromatic carbocycles. The number of carbonyl (C=O) groups is 1. The summed E-state index contributed by atoms with van der Waals surface area (Å²) in [6.07, 6.45) is 2.16. The van der Waals surface area contributed by atoms with Crippen LogP contribution >= 0.6 is 0 Å². The first-order chi connectivity index (χ1) is 8.15. The molecule has 0 spiro atoms. The average molecular weight is 232 g/mol. The largest absolute Gasteiger partial charge is 0.354 e. The second-order valence-corrected chi connectivity index (χ2v) is 4.19. The molecule has 1 amide bonds. The highest BCUT2D eigenvalue weighted by molar-refractivity contribution is 5.81. The summed E-state index contributed by atoms with van der Waals surface area (Å²) in [6, 6.07) is 9.60. The van der Waals surface area contributed by atoms with Gasteiger partial charge in [-0.1, -0.05) is 43.3 Å². The SMILES string of the molecule is C=CCC(N)C(=O)NCC(C)c1ccccc1. The van der Waals surface area contributed by atoms with Gasteiger partial charge < -0.3 is 11.1 Å². The molecule has 0 radical (unpaired) electrons. The second kappa shape index (κ2) is 6.86. The van der Waals surface area contributed by atoms with Gasteiger partial charge in [0, 0.05) is 6.54 Å². The van der Waals surface area contributed by atoms with Crippen molar-refractivity contribution >= 4 is 5.91 Å². The molecule has 92 valence electrons. The Balaban J connectivity index is 2.41. The predicted molar refractivity (Wildman–Crippen MR) is 70.7 cm³/mol. The van der Waals surface area contributed by atoms with Crippen LogP contribution in [0.2, 0.25) is 0 Å². The molecule has 3 N–H and O–H groups in total. The van der Waals surface area contributed by atoms with E-state index in [-0.39, 0.29) is 11.8 Å². The van der Waals surface area contributed by atoms with E-state index in [9.17, 15) is 4.79 Å². The quantitative estimate of drug-likeness (QED) is 0.735. The van der Waals surface area contributed by atoms with E-state index in [0.717, 1.165) is 0 Å². The molecule has 3 nitrogen and oxygen atoms in total. The molecule has 0 aliphatic carbocycles. The lowest BCUT2D eigenvalue weighted by Crippen LogP contribution is -2.41. The molecular weight excluding hydrogens is 212 g/mol. The molecule has 17 heavy (non-hydrogen) atoms. The summed E-state index contributed by atoms with van der Waals surface area (Å²) in [7, 11) is 0. The third kappa shape index (κ3) is 4.41. The van der Waals surface area contributed by atoms with E-state index in [1.165, 1.54) is 5.56 Å². The molecule has 0 saturated heterocycles. The fourth-order valence-electron chi connectivity index (χ4n) is 1.57. The fraction of sp³-hybridized carbons (Fsp3) is 0.357. The lowest BCUT2D eigenvalue weighted by atomic mass is 10.0. The fourth-order valence-corrected chi connectivity index (χ4v) is 1.57. The topological polar surface area (TPSA) is 55.1 Å². The Labute approximate surface area is 103 Å². The Morgan fingerprint density at radius 3 is 2.71 bits per heavy atom. The van der Waals surface area contributed by atoms with Gasteiger partial charge in [0.25, 0.3) is 0 Å². The first-order valence-electron chi connectivity index (χ1n) is 5.84. The highest BCUT2D eigenvalue weighted by Crippen LogP contribution is 2.12. The number of hydrogen-bond donors (Lipinski definition) is 2. The van der Waals surface area contributed by atoms with Crippen LogP contribution in [-0.4, -0.2) is 18.5 Å². The van der Waals surface area contributed by atoms with E-state index >= 15 is 0 Å². The van der Waals surface area contributed by atoms with Crippen molar-refractivity contribution in [2.45, 2.75) is 25.3 Å². The molecule has 0 aromatic heterocycles. The highest BCUT2D eigenvalue weighted by Gasteiger charge is 2.12. The third-order valence-corrected chi connectivity index (χ3v) is 2.71. The number of carbonyl (C=O) groups excluding carboxylic acids is 1. The molecule has 0 fully saturated rings. The molecule has 0 saturated carbocycles. The van der Waals surface area contributed by atoms with Gasteiger partial charge in [-0.2, -0.15) is 0 Å². The summed E-state index contributed by atoms with van der Waals surface area (Å²) in [6.45, 7) is 6.25. The molecule has 3 heteroatoms. The first kappa shape index (κ1) is 13.5. The zero-order valence-electron chi connectivity index (χ0n) is 10.2. The number of nitrogens with one attached hydrogen (secondary N) is 1. The zero-order valence-corrected chi connectivity index (χ0v) is 10.2. The summed E-state index contributed by atoms with van der Waals surface area (Å²) in [5.41, 5.74) is 6.88. The molecule has 2 atom stereocenters. The predicted octanol–water partition coefficient (Wildman–Crippen LogP) is 1.81. The molecule has 1 aromatic rings. The molecule has 0 aliphatic heterocycles. The van der Waals surface area contributed by atoms with Crippen molar-refractivity contribution < 1.29 is 4.79 Å². The van der Waals surface area contributed by atoms with Gasteiger partial charge in [0.15, 0.2) is 0 Å². The van der Waals surface area contributed by atoms with Crippen molar-refractivity contribution in [1.29, 1.82) is 0 Å². The summed E-state index contributed by atoms with van der Waals surface area (Å²) < 4.78 is 0. The molecular formula is C14H20N2O. The maximum absolute atomic E-state index is 11.6. The van der Waals surface area contributed by atoms with E-state index in [4.69, 9.17) is 5.73 Å². The van der Waals surface area contributed by atoms with Gasteiger partial charge in [0.1, 0.15) is 0 Å². The van der Waals surface area contributed by atoms with Crippen LogP contribution in [-0.2, 0) is 4.79 Å². The Bertz CT molecular complexity index is 362. The van der Waals surface area contributed by atoms with E-state index in [2.05, 4.69) is 31.0 Å². The Morgan fingerprint density at radius 2 is 2.12 bits per heavy atom. The van der Waals surface area contributed by atoms with E-state index in [0.29, 0.717) is 13.0 Å². The van der Waals surface area contributed by atoms with Gasteiger partial charge in [-0.05, 0) is 17.9 Å². The average Bonchev–Trinajstić information content (AvgIpc) is 2.36.